The van der Waals surface area contributed by atoms with E-state index in [1.807, 2.05) is 39.0 Å². The number of nitrogens with zero attached hydrogens (tertiary/aromatic N) is 3. The minimum Gasteiger partial charge on any atom is -0.444 e. The first kappa shape index (κ1) is 23.1. The van der Waals surface area contributed by atoms with Crippen molar-refractivity contribution in [3.05, 3.63) is 52.8 Å². The van der Waals surface area contributed by atoms with Gasteiger partial charge in [0.05, 0.1) is 19.3 Å². The Labute approximate surface area is 179 Å². The molecule has 0 radical (unpaired) electrons. The van der Waals surface area contributed by atoms with Gasteiger partial charge >= 0.3 is 12.3 Å². The van der Waals surface area contributed by atoms with Crippen LogP contribution in [0.2, 0.25) is 0 Å². The van der Waals surface area contributed by atoms with Crippen molar-refractivity contribution in [2.24, 2.45) is 0 Å². The molecule has 1 aliphatic heterocycles. The Hall–Kier alpha value is -2.55. The van der Waals surface area contributed by atoms with Crippen molar-refractivity contribution in [3.63, 3.8) is 0 Å². The van der Waals surface area contributed by atoms with Gasteiger partial charge in [0.15, 0.2) is 0 Å². The topological polar surface area (TPSA) is 67.6 Å². The number of aliphatic hydroxyl groups excluding tert-OH is 1. The van der Waals surface area contributed by atoms with Crippen LogP contribution in [0.4, 0.5) is 18.0 Å². The third-order valence-corrected chi connectivity index (χ3v) is 5.26. The second kappa shape index (κ2) is 8.90. The van der Waals surface area contributed by atoms with Crippen LogP contribution in [0.1, 0.15) is 61.9 Å². The van der Waals surface area contributed by atoms with E-state index in [2.05, 4.69) is 5.10 Å². The second-order valence-electron chi connectivity index (χ2n) is 8.82. The molecule has 9 heteroatoms. The predicted octanol–water partition coefficient (Wildman–Crippen LogP) is 4.56. The molecule has 0 unspecified atom stereocenters. The number of likely N-dealkylation sites (tertiary alicyclic amines) is 1. The number of amides is 1. The van der Waals surface area contributed by atoms with E-state index in [9.17, 15) is 23.1 Å². The van der Waals surface area contributed by atoms with Gasteiger partial charge in [0.1, 0.15) is 11.3 Å². The Balaban J connectivity index is 1.69. The molecule has 1 amide bonds. The number of rotatable bonds is 4. The minimum absolute atomic E-state index is 0.0422. The molecule has 0 atom stereocenters. The van der Waals surface area contributed by atoms with Crippen LogP contribution in [-0.2, 0) is 24.1 Å². The molecule has 1 saturated heterocycles. The number of halogens is 3. The van der Waals surface area contributed by atoms with Crippen LogP contribution in [-0.4, -0.2) is 44.6 Å². The SMILES string of the molecule is CC(C)(C)OC(=O)N1CCC(c2cccc(Cn3ncc(CO)c3C(F)(F)F)c2)CC1. The van der Waals surface area contributed by atoms with Gasteiger partial charge in [-0.2, -0.15) is 18.3 Å². The molecule has 0 aliphatic carbocycles. The average molecular weight is 439 g/mol. The summed E-state index contributed by atoms with van der Waals surface area (Å²) in [5, 5.41) is 13.0. The number of aliphatic hydroxyl groups is 1. The first-order valence-electron chi connectivity index (χ1n) is 10.3. The molecule has 1 fully saturated rings. The van der Waals surface area contributed by atoms with Crippen LogP contribution in [0.5, 0.6) is 0 Å². The van der Waals surface area contributed by atoms with Crippen LogP contribution in [0.3, 0.4) is 0 Å². The zero-order chi connectivity index (χ0) is 22.8. The number of piperidine rings is 1. The highest BCUT2D eigenvalue weighted by Gasteiger charge is 2.38. The zero-order valence-electron chi connectivity index (χ0n) is 17.9. The van der Waals surface area contributed by atoms with Crippen LogP contribution in [0.25, 0.3) is 0 Å². The van der Waals surface area contributed by atoms with Crippen molar-refractivity contribution in [1.29, 1.82) is 0 Å². The second-order valence-corrected chi connectivity index (χ2v) is 8.82. The first-order chi connectivity index (χ1) is 14.5. The molecule has 31 heavy (non-hydrogen) atoms. The summed E-state index contributed by atoms with van der Waals surface area (Å²) in [4.78, 5) is 13.9. The standard InChI is InChI=1S/C22H28F3N3O3/c1-21(2,3)31-20(30)27-9-7-16(8-10-27)17-6-4-5-15(11-17)13-28-19(22(23,24)25)18(14-29)12-26-28/h4-6,11-12,16,29H,7-10,13-14H2,1-3H3. The van der Waals surface area contributed by atoms with Gasteiger partial charge in [0.25, 0.3) is 0 Å². The minimum atomic E-state index is -4.60. The molecule has 170 valence electrons. The lowest BCUT2D eigenvalue weighted by molar-refractivity contribution is -0.145. The van der Waals surface area contributed by atoms with Crippen molar-refractivity contribution < 1.29 is 27.8 Å². The van der Waals surface area contributed by atoms with Gasteiger partial charge in [-0.15, -0.1) is 0 Å². The Morgan fingerprint density at radius 2 is 1.90 bits per heavy atom. The average Bonchev–Trinajstić information content (AvgIpc) is 3.10. The Kier molecular flexibility index (Phi) is 6.64. The molecule has 6 nitrogen and oxygen atoms in total. The van der Waals surface area contributed by atoms with Crippen LogP contribution >= 0.6 is 0 Å². The Bertz CT molecular complexity index is 911. The van der Waals surface area contributed by atoms with Crippen molar-refractivity contribution in [3.8, 4) is 0 Å². The number of carbonyl (C=O) groups excluding carboxylic acids is 1. The number of aromatic nitrogens is 2. The van der Waals surface area contributed by atoms with E-state index >= 15 is 0 Å². The molecule has 2 heterocycles. The molecular weight excluding hydrogens is 411 g/mol. The van der Waals surface area contributed by atoms with Crippen LogP contribution in [0.15, 0.2) is 30.5 Å². The molecule has 0 spiro atoms. The van der Waals surface area contributed by atoms with Crippen molar-refractivity contribution >= 4 is 6.09 Å². The summed E-state index contributed by atoms with van der Waals surface area (Å²) in [6, 6.07) is 7.45. The van der Waals surface area contributed by atoms with Gasteiger partial charge < -0.3 is 14.7 Å². The van der Waals surface area contributed by atoms with Gasteiger partial charge in [-0.3, -0.25) is 4.68 Å². The maximum Gasteiger partial charge on any atom is 0.433 e. The van der Waals surface area contributed by atoms with Crippen molar-refractivity contribution in [2.45, 2.75) is 64.5 Å². The van der Waals surface area contributed by atoms with Gasteiger partial charge in [-0.25, -0.2) is 4.79 Å². The Morgan fingerprint density at radius 3 is 2.48 bits per heavy atom. The number of carbonyl (C=O) groups is 1. The Morgan fingerprint density at radius 1 is 1.23 bits per heavy atom. The third-order valence-electron chi connectivity index (χ3n) is 5.26. The van der Waals surface area contributed by atoms with E-state index in [-0.39, 0.29) is 24.1 Å². The number of alkyl halides is 3. The maximum atomic E-state index is 13.4. The van der Waals surface area contributed by atoms with Gasteiger partial charge in [-0.05, 0) is 50.7 Å². The summed E-state index contributed by atoms with van der Waals surface area (Å²) in [5.74, 6) is 0.214. The van der Waals surface area contributed by atoms with E-state index in [0.717, 1.165) is 29.3 Å². The summed E-state index contributed by atoms with van der Waals surface area (Å²) in [7, 11) is 0. The first-order valence-corrected chi connectivity index (χ1v) is 10.3. The molecule has 1 N–H and O–H groups in total. The monoisotopic (exact) mass is 439 g/mol. The fourth-order valence-electron chi connectivity index (χ4n) is 3.83. The van der Waals surface area contributed by atoms with E-state index in [4.69, 9.17) is 4.74 Å². The molecule has 2 aromatic rings. The lowest BCUT2D eigenvalue weighted by Gasteiger charge is -2.33. The molecule has 0 bridgehead atoms. The molecule has 1 aliphatic rings. The number of ether oxygens (including phenoxy) is 1. The summed E-state index contributed by atoms with van der Waals surface area (Å²) in [5.41, 5.74) is 0.0266. The van der Waals surface area contributed by atoms with E-state index < -0.39 is 24.1 Å². The van der Waals surface area contributed by atoms with Gasteiger partial charge in [0, 0.05) is 18.7 Å². The summed E-state index contributed by atoms with van der Waals surface area (Å²) in [6.45, 7) is 5.87. The highest BCUT2D eigenvalue weighted by atomic mass is 19.4. The molecule has 1 aromatic carbocycles. The quantitative estimate of drug-likeness (QED) is 0.759. The lowest BCUT2D eigenvalue weighted by atomic mass is 9.88. The van der Waals surface area contributed by atoms with E-state index in [1.54, 1.807) is 11.0 Å². The van der Waals surface area contributed by atoms with Gasteiger partial charge in [-0.1, -0.05) is 24.3 Å². The van der Waals surface area contributed by atoms with Crippen LogP contribution in [0, 0.1) is 0 Å². The number of benzene rings is 1. The van der Waals surface area contributed by atoms with Crippen molar-refractivity contribution in [1.82, 2.24) is 14.7 Å². The fourth-order valence-corrected chi connectivity index (χ4v) is 3.83. The smallest absolute Gasteiger partial charge is 0.433 e. The van der Waals surface area contributed by atoms with Crippen molar-refractivity contribution in [2.75, 3.05) is 13.1 Å². The third kappa shape index (κ3) is 5.78. The summed E-state index contributed by atoms with van der Waals surface area (Å²) < 4.78 is 46.5. The fraction of sp³-hybridized carbons (Fsp3) is 0.545. The number of hydrogen-bond donors (Lipinski definition) is 1. The maximum absolute atomic E-state index is 13.4. The highest BCUT2D eigenvalue weighted by Crippen LogP contribution is 2.33. The molecule has 3 rings (SSSR count). The van der Waals surface area contributed by atoms with Crippen LogP contribution < -0.4 is 0 Å². The highest BCUT2D eigenvalue weighted by molar-refractivity contribution is 5.68. The van der Waals surface area contributed by atoms with E-state index in [0.29, 0.717) is 18.7 Å². The van der Waals surface area contributed by atoms with E-state index in [1.165, 1.54) is 0 Å². The molecule has 0 saturated carbocycles. The molecular formula is C22H28F3N3O3. The normalized spacial score (nSPS) is 15.9. The van der Waals surface area contributed by atoms with Gasteiger partial charge in [0.2, 0.25) is 0 Å². The summed E-state index contributed by atoms with van der Waals surface area (Å²) in [6.07, 6.45) is -2.35. The largest absolute Gasteiger partial charge is 0.444 e. The number of hydrogen-bond acceptors (Lipinski definition) is 4. The zero-order valence-corrected chi connectivity index (χ0v) is 17.9. The summed E-state index contributed by atoms with van der Waals surface area (Å²) >= 11 is 0. The predicted molar refractivity (Wildman–Crippen MR) is 108 cm³/mol. The lowest BCUT2D eigenvalue weighted by Crippen LogP contribution is -2.41. The molecule has 1 aromatic heterocycles.